The first kappa shape index (κ1) is 20.0. The molecule has 30 heavy (non-hydrogen) atoms. The third kappa shape index (κ3) is 4.31. The molecule has 2 heterocycles. The summed E-state index contributed by atoms with van der Waals surface area (Å²) in [4.78, 5) is 30.7. The summed E-state index contributed by atoms with van der Waals surface area (Å²) in [7, 11) is 0. The van der Waals surface area contributed by atoms with Gasteiger partial charge in [-0.05, 0) is 29.8 Å². The molecule has 1 fully saturated rings. The first-order valence-corrected chi connectivity index (χ1v) is 10.0. The predicted molar refractivity (Wildman–Crippen MR) is 115 cm³/mol. The van der Waals surface area contributed by atoms with Gasteiger partial charge >= 0.3 is 0 Å². The summed E-state index contributed by atoms with van der Waals surface area (Å²) in [6.07, 6.45) is 0.886. The summed E-state index contributed by atoms with van der Waals surface area (Å²) in [5.74, 6) is -0.572. The maximum absolute atomic E-state index is 13.1. The second kappa shape index (κ2) is 8.59. The van der Waals surface area contributed by atoms with E-state index in [1.165, 1.54) is 0 Å². The van der Waals surface area contributed by atoms with Crippen molar-refractivity contribution in [2.45, 2.75) is 18.9 Å². The smallest absolute Gasteiger partial charge is 0.268 e. The highest BCUT2D eigenvalue weighted by molar-refractivity contribution is 6.31. The number of carbonyl (C=O) groups is 2. The number of amides is 2. The number of oxime groups is 1. The van der Waals surface area contributed by atoms with Gasteiger partial charge in [0.25, 0.3) is 5.91 Å². The lowest BCUT2D eigenvalue weighted by molar-refractivity contribution is -0.131. The number of benzene rings is 2. The van der Waals surface area contributed by atoms with Gasteiger partial charge in [-0.3, -0.25) is 9.59 Å². The van der Waals surface area contributed by atoms with Crippen LogP contribution in [-0.2, 0) is 11.2 Å². The fourth-order valence-electron chi connectivity index (χ4n) is 3.64. The van der Waals surface area contributed by atoms with E-state index < -0.39 is 6.04 Å². The van der Waals surface area contributed by atoms with Crippen LogP contribution in [0.15, 0.2) is 59.8 Å². The molecule has 1 aliphatic heterocycles. The second-order valence-corrected chi connectivity index (χ2v) is 7.74. The molecule has 0 bridgehead atoms. The van der Waals surface area contributed by atoms with Crippen LogP contribution in [0.4, 0.5) is 0 Å². The Morgan fingerprint density at radius 3 is 2.73 bits per heavy atom. The quantitative estimate of drug-likeness (QED) is 0.433. The third-order valence-corrected chi connectivity index (χ3v) is 5.45. The molecular weight excluding hydrogens is 404 g/mol. The van der Waals surface area contributed by atoms with Crippen LogP contribution in [0.1, 0.15) is 22.5 Å². The standard InChI is InChI=1S/C22H21ClN4O3/c23-16-6-7-18-15(11-16)12-19(24-18)21(28)25-20(10-14-4-2-1-3-5-14)22(29)27-9-8-17(13-27)26-30/h1-7,11-12,20,24,30H,8-10,13H2,(H,25,28)/t20-/m0/s1. The maximum atomic E-state index is 13.1. The zero-order chi connectivity index (χ0) is 21.1. The zero-order valence-electron chi connectivity index (χ0n) is 16.1. The Bertz CT molecular complexity index is 1110. The summed E-state index contributed by atoms with van der Waals surface area (Å²) in [6.45, 7) is 0.728. The summed E-state index contributed by atoms with van der Waals surface area (Å²) in [5.41, 5.74) is 2.64. The van der Waals surface area contributed by atoms with Gasteiger partial charge in [0.05, 0.1) is 12.3 Å². The number of likely N-dealkylation sites (tertiary alicyclic amines) is 1. The summed E-state index contributed by atoms with van der Waals surface area (Å²) in [6, 6.07) is 15.8. The molecule has 1 aromatic heterocycles. The summed E-state index contributed by atoms with van der Waals surface area (Å²) < 4.78 is 0. The number of aromatic nitrogens is 1. The Labute approximate surface area is 178 Å². The average Bonchev–Trinajstić information content (AvgIpc) is 3.40. The second-order valence-electron chi connectivity index (χ2n) is 7.31. The molecular formula is C22H21ClN4O3. The molecule has 0 saturated carbocycles. The first-order chi connectivity index (χ1) is 14.5. The molecule has 1 saturated heterocycles. The molecule has 0 aliphatic carbocycles. The summed E-state index contributed by atoms with van der Waals surface area (Å²) >= 11 is 6.03. The highest BCUT2D eigenvalue weighted by Gasteiger charge is 2.31. The largest absolute Gasteiger partial charge is 0.411 e. The molecule has 0 unspecified atom stereocenters. The predicted octanol–water partition coefficient (Wildman–Crippen LogP) is 3.22. The molecule has 8 heteroatoms. The number of aromatic amines is 1. The van der Waals surface area contributed by atoms with Gasteiger partial charge in [0.1, 0.15) is 11.7 Å². The van der Waals surface area contributed by atoms with Gasteiger partial charge in [-0.1, -0.05) is 47.1 Å². The van der Waals surface area contributed by atoms with Gasteiger partial charge < -0.3 is 20.4 Å². The van der Waals surface area contributed by atoms with E-state index in [0.29, 0.717) is 35.8 Å². The first-order valence-electron chi connectivity index (χ1n) is 9.65. The molecule has 4 rings (SSSR count). The third-order valence-electron chi connectivity index (χ3n) is 5.21. The van der Waals surface area contributed by atoms with Crippen molar-refractivity contribution in [3.05, 3.63) is 70.9 Å². The van der Waals surface area contributed by atoms with Crippen LogP contribution < -0.4 is 5.32 Å². The van der Waals surface area contributed by atoms with Crippen molar-refractivity contribution in [2.75, 3.05) is 13.1 Å². The van der Waals surface area contributed by atoms with E-state index in [4.69, 9.17) is 16.8 Å². The topological polar surface area (TPSA) is 97.8 Å². The Kier molecular flexibility index (Phi) is 5.72. The molecule has 3 N–H and O–H groups in total. The lowest BCUT2D eigenvalue weighted by Crippen LogP contribution is -2.49. The Hall–Kier alpha value is -3.32. The van der Waals surface area contributed by atoms with E-state index in [0.717, 1.165) is 16.5 Å². The zero-order valence-corrected chi connectivity index (χ0v) is 16.9. The van der Waals surface area contributed by atoms with Crippen LogP contribution >= 0.6 is 11.6 Å². The van der Waals surface area contributed by atoms with E-state index >= 15 is 0 Å². The van der Waals surface area contributed by atoms with Crippen LogP contribution in [0.25, 0.3) is 10.9 Å². The molecule has 3 aromatic rings. The molecule has 0 radical (unpaired) electrons. The van der Waals surface area contributed by atoms with E-state index in [2.05, 4.69) is 15.5 Å². The molecule has 154 valence electrons. The Morgan fingerprint density at radius 1 is 1.20 bits per heavy atom. The van der Waals surface area contributed by atoms with E-state index in [-0.39, 0.29) is 18.4 Å². The Balaban J connectivity index is 1.56. The fraction of sp³-hybridized carbons (Fsp3) is 0.227. The van der Waals surface area contributed by atoms with Crippen molar-refractivity contribution in [1.29, 1.82) is 0 Å². The number of rotatable bonds is 5. The van der Waals surface area contributed by atoms with Crippen LogP contribution in [0.5, 0.6) is 0 Å². The van der Waals surface area contributed by atoms with Gasteiger partial charge in [0.15, 0.2) is 0 Å². The van der Waals surface area contributed by atoms with Crippen molar-refractivity contribution in [3.8, 4) is 0 Å². The minimum atomic E-state index is -0.743. The number of H-pyrrole nitrogens is 1. The van der Waals surface area contributed by atoms with Crippen molar-refractivity contribution in [3.63, 3.8) is 0 Å². The average molecular weight is 425 g/mol. The monoisotopic (exact) mass is 424 g/mol. The van der Waals surface area contributed by atoms with E-state index in [9.17, 15) is 9.59 Å². The highest BCUT2D eigenvalue weighted by atomic mass is 35.5. The van der Waals surface area contributed by atoms with E-state index in [1.54, 1.807) is 29.2 Å². The van der Waals surface area contributed by atoms with Crippen LogP contribution in [-0.4, -0.2) is 51.7 Å². The van der Waals surface area contributed by atoms with E-state index in [1.807, 2.05) is 30.3 Å². The molecule has 2 aromatic carbocycles. The number of nitrogens with one attached hydrogen (secondary N) is 2. The van der Waals surface area contributed by atoms with Crippen LogP contribution in [0, 0.1) is 0 Å². The van der Waals surface area contributed by atoms with Gasteiger partial charge in [-0.2, -0.15) is 0 Å². The lowest BCUT2D eigenvalue weighted by Gasteiger charge is -2.23. The fourth-order valence-corrected chi connectivity index (χ4v) is 3.82. The van der Waals surface area contributed by atoms with Gasteiger partial charge in [0, 0.05) is 35.3 Å². The minimum Gasteiger partial charge on any atom is -0.411 e. The highest BCUT2D eigenvalue weighted by Crippen LogP contribution is 2.20. The number of hydrogen-bond donors (Lipinski definition) is 3. The Morgan fingerprint density at radius 2 is 2.00 bits per heavy atom. The molecule has 7 nitrogen and oxygen atoms in total. The molecule has 1 atom stereocenters. The molecule has 0 spiro atoms. The van der Waals surface area contributed by atoms with Gasteiger partial charge in [0.2, 0.25) is 5.91 Å². The SMILES string of the molecule is O=C(N[C@@H](Cc1ccccc1)C(=O)N1CCC(=NO)C1)c1cc2cc(Cl)ccc2[nH]1. The molecule has 1 aliphatic rings. The number of fused-ring (bicyclic) bond motifs is 1. The lowest BCUT2D eigenvalue weighted by atomic mass is 10.0. The van der Waals surface area contributed by atoms with Crippen LogP contribution in [0.3, 0.4) is 0 Å². The molecule has 2 amide bonds. The number of halogens is 1. The van der Waals surface area contributed by atoms with Crippen molar-refractivity contribution < 1.29 is 14.8 Å². The van der Waals surface area contributed by atoms with Crippen molar-refractivity contribution in [2.24, 2.45) is 5.16 Å². The number of carbonyl (C=O) groups excluding carboxylic acids is 2. The number of hydrogen-bond acceptors (Lipinski definition) is 4. The van der Waals surface area contributed by atoms with Crippen LogP contribution in [0.2, 0.25) is 5.02 Å². The van der Waals surface area contributed by atoms with Gasteiger partial charge in [-0.25, -0.2) is 0 Å². The maximum Gasteiger partial charge on any atom is 0.268 e. The van der Waals surface area contributed by atoms with Crippen molar-refractivity contribution in [1.82, 2.24) is 15.2 Å². The number of nitrogens with zero attached hydrogens (tertiary/aromatic N) is 2. The van der Waals surface area contributed by atoms with Gasteiger partial charge in [-0.15, -0.1) is 0 Å². The normalized spacial score (nSPS) is 16.2. The minimum absolute atomic E-state index is 0.204. The summed E-state index contributed by atoms with van der Waals surface area (Å²) in [5, 5.41) is 16.5. The van der Waals surface area contributed by atoms with Crippen molar-refractivity contribution >= 4 is 40.0 Å².